The van der Waals surface area contributed by atoms with Gasteiger partial charge in [0, 0.05) is 25.7 Å². The molecule has 7 heteroatoms. The Balaban J connectivity index is 2.43. The van der Waals surface area contributed by atoms with E-state index in [1.807, 2.05) is 26.0 Å². The van der Waals surface area contributed by atoms with Gasteiger partial charge in [0.2, 0.25) is 15.9 Å². The maximum absolute atomic E-state index is 11.8. The molecule has 0 radical (unpaired) electrons. The molecule has 1 aromatic heterocycles. The van der Waals surface area contributed by atoms with Gasteiger partial charge in [-0.1, -0.05) is 19.9 Å². The fourth-order valence-corrected chi connectivity index (χ4v) is 2.80. The van der Waals surface area contributed by atoms with Crippen LogP contribution in [0, 0.1) is 5.92 Å². The Bertz CT molecular complexity index is 544. The molecule has 0 atom stereocenters. The molecule has 1 heterocycles. The van der Waals surface area contributed by atoms with Crippen LogP contribution in [0.4, 0.5) is 0 Å². The second-order valence-corrected chi connectivity index (χ2v) is 7.35. The van der Waals surface area contributed by atoms with Gasteiger partial charge in [-0.05, 0) is 18.1 Å². The standard InChI is InChI=1S/C14H23N3O3S/c1-12(2)11-17(21(3,19)20)9-7-14(18)16-10-13-6-4-5-8-15-13/h4-6,8,12H,7,9-11H2,1-3H3,(H,16,18). The fraction of sp³-hybridized carbons (Fsp3) is 0.571. The van der Waals surface area contributed by atoms with Crippen LogP contribution in [-0.2, 0) is 21.4 Å². The van der Waals surface area contributed by atoms with Gasteiger partial charge in [-0.3, -0.25) is 9.78 Å². The van der Waals surface area contributed by atoms with Crippen LogP contribution in [0.25, 0.3) is 0 Å². The molecular weight excluding hydrogens is 290 g/mol. The van der Waals surface area contributed by atoms with Gasteiger partial charge in [0.15, 0.2) is 0 Å². The number of rotatable bonds is 8. The minimum absolute atomic E-state index is 0.145. The summed E-state index contributed by atoms with van der Waals surface area (Å²) in [5, 5.41) is 2.74. The lowest BCUT2D eigenvalue weighted by Crippen LogP contribution is -2.36. The van der Waals surface area contributed by atoms with Gasteiger partial charge in [0.05, 0.1) is 18.5 Å². The van der Waals surface area contributed by atoms with E-state index in [-0.39, 0.29) is 24.8 Å². The van der Waals surface area contributed by atoms with Crippen molar-refractivity contribution in [3.8, 4) is 0 Å². The first-order chi connectivity index (χ1) is 9.79. The van der Waals surface area contributed by atoms with Crippen LogP contribution in [0.3, 0.4) is 0 Å². The molecule has 0 aliphatic heterocycles. The normalized spacial score (nSPS) is 11.9. The van der Waals surface area contributed by atoms with Gasteiger partial charge in [0.25, 0.3) is 0 Å². The molecule has 0 saturated heterocycles. The van der Waals surface area contributed by atoms with Crippen molar-refractivity contribution in [2.45, 2.75) is 26.8 Å². The number of nitrogens with one attached hydrogen (secondary N) is 1. The van der Waals surface area contributed by atoms with Crippen LogP contribution in [-0.4, -0.2) is 43.0 Å². The number of pyridine rings is 1. The van der Waals surface area contributed by atoms with Crippen molar-refractivity contribution in [3.05, 3.63) is 30.1 Å². The molecular formula is C14H23N3O3S. The van der Waals surface area contributed by atoms with Crippen LogP contribution in [0.1, 0.15) is 26.0 Å². The highest BCUT2D eigenvalue weighted by atomic mass is 32.2. The van der Waals surface area contributed by atoms with Crippen molar-refractivity contribution in [1.29, 1.82) is 0 Å². The SMILES string of the molecule is CC(C)CN(CCC(=O)NCc1ccccn1)S(C)(=O)=O. The number of carbonyl (C=O) groups excluding carboxylic acids is 1. The Hall–Kier alpha value is -1.47. The van der Waals surface area contributed by atoms with Gasteiger partial charge >= 0.3 is 0 Å². The zero-order chi connectivity index (χ0) is 15.9. The molecule has 1 aromatic rings. The Morgan fingerprint density at radius 3 is 2.62 bits per heavy atom. The zero-order valence-corrected chi connectivity index (χ0v) is 13.6. The lowest BCUT2D eigenvalue weighted by atomic mass is 10.2. The number of sulfonamides is 1. The van der Waals surface area contributed by atoms with E-state index >= 15 is 0 Å². The summed E-state index contributed by atoms with van der Waals surface area (Å²) < 4.78 is 24.6. The first-order valence-electron chi connectivity index (χ1n) is 6.90. The molecule has 0 unspecified atom stereocenters. The number of carbonyl (C=O) groups is 1. The van der Waals surface area contributed by atoms with E-state index in [1.165, 1.54) is 10.6 Å². The maximum Gasteiger partial charge on any atom is 0.221 e. The first-order valence-corrected chi connectivity index (χ1v) is 8.75. The Morgan fingerprint density at radius 2 is 2.10 bits per heavy atom. The Morgan fingerprint density at radius 1 is 1.38 bits per heavy atom. The van der Waals surface area contributed by atoms with E-state index in [2.05, 4.69) is 10.3 Å². The van der Waals surface area contributed by atoms with Gasteiger partial charge in [0.1, 0.15) is 0 Å². The highest BCUT2D eigenvalue weighted by molar-refractivity contribution is 7.88. The average molecular weight is 313 g/mol. The first kappa shape index (κ1) is 17.6. The number of hydrogen-bond donors (Lipinski definition) is 1. The number of nitrogens with zero attached hydrogens (tertiary/aromatic N) is 2. The zero-order valence-electron chi connectivity index (χ0n) is 12.7. The molecule has 0 fully saturated rings. The molecule has 118 valence electrons. The van der Waals surface area contributed by atoms with Gasteiger partial charge in [-0.2, -0.15) is 0 Å². The minimum Gasteiger partial charge on any atom is -0.350 e. The molecule has 0 aliphatic carbocycles. The second kappa shape index (κ2) is 8.09. The minimum atomic E-state index is -3.28. The van der Waals surface area contributed by atoms with Crippen molar-refractivity contribution in [2.75, 3.05) is 19.3 Å². The number of amides is 1. The number of aromatic nitrogens is 1. The van der Waals surface area contributed by atoms with Crippen LogP contribution >= 0.6 is 0 Å². The van der Waals surface area contributed by atoms with Crippen molar-refractivity contribution < 1.29 is 13.2 Å². The van der Waals surface area contributed by atoms with E-state index in [9.17, 15) is 13.2 Å². The maximum atomic E-state index is 11.8. The van der Waals surface area contributed by atoms with Crippen molar-refractivity contribution >= 4 is 15.9 Å². The molecule has 6 nitrogen and oxygen atoms in total. The molecule has 21 heavy (non-hydrogen) atoms. The quantitative estimate of drug-likeness (QED) is 0.776. The highest BCUT2D eigenvalue weighted by Gasteiger charge is 2.18. The largest absolute Gasteiger partial charge is 0.350 e. The summed E-state index contributed by atoms with van der Waals surface area (Å²) in [5.74, 6) is 0.0364. The van der Waals surface area contributed by atoms with Crippen LogP contribution in [0.5, 0.6) is 0 Å². The van der Waals surface area contributed by atoms with Gasteiger partial charge in [-0.25, -0.2) is 12.7 Å². The predicted molar refractivity (Wildman–Crippen MR) is 82.0 cm³/mol. The smallest absolute Gasteiger partial charge is 0.221 e. The molecule has 0 aliphatic rings. The van der Waals surface area contributed by atoms with Crippen molar-refractivity contribution in [3.63, 3.8) is 0 Å². The second-order valence-electron chi connectivity index (χ2n) is 5.36. The average Bonchev–Trinajstić information content (AvgIpc) is 2.40. The molecule has 0 saturated carbocycles. The van der Waals surface area contributed by atoms with Crippen LogP contribution < -0.4 is 5.32 Å². The number of hydrogen-bond acceptors (Lipinski definition) is 4. The molecule has 0 aromatic carbocycles. The summed E-state index contributed by atoms with van der Waals surface area (Å²) in [6.45, 7) is 4.86. The highest BCUT2D eigenvalue weighted by Crippen LogP contribution is 2.05. The molecule has 1 rings (SSSR count). The van der Waals surface area contributed by atoms with Crippen LogP contribution in [0.15, 0.2) is 24.4 Å². The monoisotopic (exact) mass is 313 g/mol. The molecule has 0 spiro atoms. The van der Waals surface area contributed by atoms with Crippen LogP contribution in [0.2, 0.25) is 0 Å². The van der Waals surface area contributed by atoms with E-state index in [0.29, 0.717) is 13.1 Å². The Labute approximate surface area is 126 Å². The molecule has 0 bridgehead atoms. The predicted octanol–water partition coefficient (Wildman–Crippen LogP) is 1.01. The molecule has 1 N–H and O–H groups in total. The van der Waals surface area contributed by atoms with E-state index < -0.39 is 10.0 Å². The lowest BCUT2D eigenvalue weighted by molar-refractivity contribution is -0.121. The lowest BCUT2D eigenvalue weighted by Gasteiger charge is -2.21. The van der Waals surface area contributed by atoms with E-state index in [1.54, 1.807) is 12.3 Å². The topological polar surface area (TPSA) is 79.4 Å². The van der Waals surface area contributed by atoms with E-state index in [4.69, 9.17) is 0 Å². The third-order valence-corrected chi connectivity index (χ3v) is 4.09. The fourth-order valence-electron chi connectivity index (χ4n) is 1.81. The van der Waals surface area contributed by atoms with Crippen molar-refractivity contribution in [2.24, 2.45) is 5.92 Å². The summed E-state index contributed by atoms with van der Waals surface area (Å²) in [5.41, 5.74) is 0.771. The summed E-state index contributed by atoms with van der Waals surface area (Å²) in [6, 6.07) is 5.48. The van der Waals surface area contributed by atoms with Crippen molar-refractivity contribution in [1.82, 2.24) is 14.6 Å². The van der Waals surface area contributed by atoms with Gasteiger partial charge in [-0.15, -0.1) is 0 Å². The third-order valence-electron chi connectivity index (χ3n) is 2.82. The summed E-state index contributed by atoms with van der Waals surface area (Å²) in [7, 11) is -3.28. The van der Waals surface area contributed by atoms with Gasteiger partial charge < -0.3 is 5.32 Å². The summed E-state index contributed by atoms with van der Waals surface area (Å²) in [6.07, 6.45) is 2.98. The molecule has 1 amide bonds. The third kappa shape index (κ3) is 7.19. The Kier molecular flexibility index (Phi) is 6.77. The summed E-state index contributed by atoms with van der Waals surface area (Å²) >= 11 is 0. The summed E-state index contributed by atoms with van der Waals surface area (Å²) in [4.78, 5) is 15.9. The van der Waals surface area contributed by atoms with E-state index in [0.717, 1.165) is 5.69 Å².